The zero-order valence-electron chi connectivity index (χ0n) is 18.4. The number of methoxy groups -OCH3 is 2. The van der Waals surface area contributed by atoms with Crippen LogP contribution in [0.2, 0.25) is 0 Å². The average Bonchev–Trinajstić information content (AvgIpc) is 3.27. The van der Waals surface area contributed by atoms with E-state index in [0.717, 1.165) is 12.0 Å². The van der Waals surface area contributed by atoms with Gasteiger partial charge in [0, 0.05) is 38.8 Å². The van der Waals surface area contributed by atoms with E-state index in [-0.39, 0.29) is 43.4 Å². The van der Waals surface area contributed by atoms with E-state index in [2.05, 4.69) is 0 Å². The fraction of sp³-hybridized carbons (Fsp3) is 0.478. The van der Waals surface area contributed by atoms with Crippen LogP contribution >= 0.6 is 11.3 Å². The van der Waals surface area contributed by atoms with E-state index in [1.165, 1.54) is 29.0 Å². The number of rotatable bonds is 11. The Bertz CT molecular complexity index is 889. The average molecular weight is 465 g/mol. The van der Waals surface area contributed by atoms with E-state index in [0.29, 0.717) is 31.9 Å². The molecular weight excluding hydrogens is 435 g/mol. The lowest BCUT2D eigenvalue weighted by molar-refractivity contribution is -0.144. The molecule has 0 aliphatic carbocycles. The van der Waals surface area contributed by atoms with Crippen molar-refractivity contribution in [2.24, 2.45) is 0 Å². The molecule has 1 aromatic heterocycles. The minimum atomic E-state index is -0.332. The highest BCUT2D eigenvalue weighted by Crippen LogP contribution is 2.34. The van der Waals surface area contributed by atoms with Crippen molar-refractivity contribution in [1.82, 2.24) is 9.80 Å². The summed E-state index contributed by atoms with van der Waals surface area (Å²) >= 11 is 1.67. The molecule has 32 heavy (non-hydrogen) atoms. The summed E-state index contributed by atoms with van der Waals surface area (Å²) in [7, 11) is 3.06. The number of nitrogens with zero attached hydrogens (tertiary/aromatic N) is 2. The Morgan fingerprint density at radius 1 is 1.19 bits per heavy atom. The molecule has 0 radical (unpaired) electrons. The molecule has 0 spiro atoms. The van der Waals surface area contributed by atoms with E-state index >= 15 is 0 Å². The number of carbonyl (C=O) groups is 2. The largest absolute Gasteiger partial charge is 0.491 e. The summed E-state index contributed by atoms with van der Waals surface area (Å²) in [6, 6.07) is 7.56. The summed E-state index contributed by atoms with van der Waals surface area (Å²) in [4.78, 5) is 30.3. The molecule has 1 atom stereocenters. The second-order valence-electron chi connectivity index (χ2n) is 7.51. The zero-order valence-corrected chi connectivity index (χ0v) is 19.2. The smallest absolute Gasteiger partial charge is 0.249 e. The first-order valence-electron chi connectivity index (χ1n) is 10.5. The van der Waals surface area contributed by atoms with E-state index < -0.39 is 0 Å². The number of hydrogen-bond acceptors (Lipinski definition) is 6. The van der Waals surface area contributed by atoms with Crippen LogP contribution in [0.25, 0.3) is 0 Å². The quantitative estimate of drug-likeness (QED) is 0.479. The minimum Gasteiger partial charge on any atom is -0.491 e. The van der Waals surface area contributed by atoms with Crippen LogP contribution < -0.4 is 4.74 Å². The van der Waals surface area contributed by atoms with Gasteiger partial charge in [-0.25, -0.2) is 4.39 Å². The van der Waals surface area contributed by atoms with Crippen LogP contribution in [0, 0.1) is 5.82 Å². The summed E-state index contributed by atoms with van der Waals surface area (Å²) in [5, 5.41) is 2.02. The highest BCUT2D eigenvalue weighted by Gasteiger charge is 2.33. The molecule has 2 heterocycles. The molecule has 174 valence electrons. The van der Waals surface area contributed by atoms with Crippen molar-refractivity contribution in [2.45, 2.75) is 18.9 Å². The van der Waals surface area contributed by atoms with Gasteiger partial charge < -0.3 is 24.0 Å². The molecule has 7 nitrogen and oxygen atoms in total. The lowest BCUT2D eigenvalue weighted by Crippen LogP contribution is -2.48. The first-order chi connectivity index (χ1) is 15.5. The van der Waals surface area contributed by atoms with Crippen molar-refractivity contribution in [3.05, 3.63) is 52.0 Å². The normalized spacial score (nSPS) is 15.3. The Balaban J connectivity index is 1.72. The molecule has 2 aromatic rings. The van der Waals surface area contributed by atoms with E-state index in [9.17, 15) is 14.0 Å². The van der Waals surface area contributed by atoms with Gasteiger partial charge in [-0.1, -0.05) is 0 Å². The molecule has 0 unspecified atom stereocenters. The van der Waals surface area contributed by atoms with Crippen LogP contribution in [0.5, 0.6) is 5.75 Å². The predicted octanol–water partition coefficient (Wildman–Crippen LogP) is 2.90. The maximum atomic E-state index is 13.3. The molecule has 9 heteroatoms. The fourth-order valence-electron chi connectivity index (χ4n) is 3.74. The monoisotopic (exact) mass is 464 g/mol. The highest BCUT2D eigenvalue weighted by molar-refractivity contribution is 7.10. The first kappa shape index (κ1) is 24.2. The SMILES string of the molecule is COCCCN(CC(=O)N1CCc2sccc2[C@@H]1COc1ccc(F)cc1)C(=O)COC. The third-order valence-electron chi connectivity index (χ3n) is 5.36. The summed E-state index contributed by atoms with van der Waals surface area (Å²) in [5.41, 5.74) is 1.06. The maximum Gasteiger partial charge on any atom is 0.249 e. The second-order valence-corrected chi connectivity index (χ2v) is 8.51. The lowest BCUT2D eigenvalue weighted by atomic mass is 10.0. The van der Waals surface area contributed by atoms with Crippen LogP contribution in [-0.2, 0) is 25.5 Å². The molecule has 0 saturated heterocycles. The number of carbonyl (C=O) groups excluding carboxylic acids is 2. The topological polar surface area (TPSA) is 68.3 Å². The number of hydrogen-bond donors (Lipinski definition) is 0. The third-order valence-corrected chi connectivity index (χ3v) is 6.36. The summed E-state index contributed by atoms with van der Waals surface area (Å²) in [6.45, 7) is 1.60. The van der Waals surface area contributed by atoms with Gasteiger partial charge in [-0.05, 0) is 54.1 Å². The van der Waals surface area contributed by atoms with E-state index in [1.54, 1.807) is 35.5 Å². The van der Waals surface area contributed by atoms with Crippen molar-refractivity contribution in [3.8, 4) is 5.75 Å². The molecule has 0 fully saturated rings. The predicted molar refractivity (Wildman–Crippen MR) is 119 cm³/mol. The molecule has 0 N–H and O–H groups in total. The van der Waals surface area contributed by atoms with Crippen molar-refractivity contribution >= 4 is 23.2 Å². The number of amides is 2. The molecule has 1 aliphatic heterocycles. The molecule has 1 aromatic carbocycles. The van der Waals surface area contributed by atoms with E-state index in [4.69, 9.17) is 14.2 Å². The van der Waals surface area contributed by atoms with Gasteiger partial charge in [-0.2, -0.15) is 0 Å². The Labute approximate surface area is 191 Å². The fourth-order valence-corrected chi connectivity index (χ4v) is 4.67. The first-order valence-corrected chi connectivity index (χ1v) is 11.4. The second kappa shape index (κ2) is 11.9. The maximum absolute atomic E-state index is 13.3. The van der Waals surface area contributed by atoms with Gasteiger partial charge in [-0.15, -0.1) is 11.3 Å². The lowest BCUT2D eigenvalue weighted by Gasteiger charge is -2.37. The van der Waals surface area contributed by atoms with Crippen molar-refractivity contribution in [2.75, 3.05) is 53.7 Å². The molecular formula is C23H29FN2O5S. The molecule has 2 amide bonds. The Morgan fingerprint density at radius 2 is 1.97 bits per heavy atom. The van der Waals surface area contributed by atoms with Gasteiger partial charge in [0.25, 0.3) is 0 Å². The molecule has 0 bridgehead atoms. The standard InChI is InChI=1S/C23H29FN2O5S/c1-29-12-3-10-25(23(28)16-30-2)14-22(27)26-11-8-21-19(9-13-32-21)20(26)15-31-18-6-4-17(24)5-7-18/h4-7,9,13,20H,3,8,10-12,14-16H2,1-2H3/t20-/m0/s1. The Morgan fingerprint density at radius 3 is 2.69 bits per heavy atom. The highest BCUT2D eigenvalue weighted by atomic mass is 32.1. The Hall–Kier alpha value is -2.49. The van der Waals surface area contributed by atoms with Crippen LogP contribution in [0.3, 0.4) is 0 Å². The van der Waals surface area contributed by atoms with Gasteiger partial charge in [-0.3, -0.25) is 9.59 Å². The van der Waals surface area contributed by atoms with Crippen molar-refractivity contribution < 1.29 is 28.2 Å². The van der Waals surface area contributed by atoms with Crippen molar-refractivity contribution in [1.29, 1.82) is 0 Å². The number of benzene rings is 1. The summed E-state index contributed by atoms with van der Waals surface area (Å²) in [6.07, 6.45) is 1.40. The molecule has 1 aliphatic rings. The molecule has 0 saturated carbocycles. The number of ether oxygens (including phenoxy) is 3. The third kappa shape index (κ3) is 6.27. The number of fused-ring (bicyclic) bond motifs is 1. The minimum absolute atomic E-state index is 0.0293. The van der Waals surface area contributed by atoms with Gasteiger partial charge in [0.15, 0.2) is 0 Å². The van der Waals surface area contributed by atoms with Gasteiger partial charge >= 0.3 is 0 Å². The zero-order chi connectivity index (χ0) is 22.9. The van der Waals surface area contributed by atoms with Gasteiger partial charge in [0.05, 0.1) is 12.6 Å². The summed E-state index contributed by atoms with van der Waals surface area (Å²) < 4.78 is 29.2. The van der Waals surface area contributed by atoms with Crippen LogP contribution in [0.15, 0.2) is 35.7 Å². The number of thiophene rings is 1. The Kier molecular flexibility index (Phi) is 9.01. The summed E-state index contributed by atoms with van der Waals surface area (Å²) in [5.74, 6) is -0.167. The number of halogens is 1. The van der Waals surface area contributed by atoms with Gasteiger partial charge in [0.1, 0.15) is 24.8 Å². The van der Waals surface area contributed by atoms with E-state index in [1.807, 2.05) is 11.4 Å². The van der Waals surface area contributed by atoms with Gasteiger partial charge in [0.2, 0.25) is 11.8 Å². The van der Waals surface area contributed by atoms with Crippen molar-refractivity contribution in [3.63, 3.8) is 0 Å². The van der Waals surface area contributed by atoms with Crippen LogP contribution in [0.4, 0.5) is 4.39 Å². The molecule has 3 rings (SSSR count). The van der Waals surface area contributed by atoms with Crippen LogP contribution in [-0.4, -0.2) is 75.3 Å². The van der Waals surface area contributed by atoms with Crippen LogP contribution in [0.1, 0.15) is 22.9 Å².